The second-order valence-electron chi connectivity index (χ2n) is 10.8. The molecule has 4 heterocycles. The van der Waals surface area contributed by atoms with Gasteiger partial charge in [0.1, 0.15) is 6.26 Å². The molecule has 3 saturated heterocycles. The highest BCUT2D eigenvalue weighted by molar-refractivity contribution is 5.92. The second-order valence-corrected chi connectivity index (χ2v) is 10.8. The van der Waals surface area contributed by atoms with Crippen molar-refractivity contribution in [1.82, 2.24) is 24.6 Å². The molecule has 3 aliphatic rings. The van der Waals surface area contributed by atoms with Crippen LogP contribution in [0.15, 0.2) is 28.9 Å². The first-order valence-electron chi connectivity index (χ1n) is 13.9. The molecule has 1 aromatic heterocycles. The van der Waals surface area contributed by atoms with Gasteiger partial charge in [-0.15, -0.1) is 0 Å². The maximum absolute atomic E-state index is 13.1. The van der Waals surface area contributed by atoms with E-state index in [1.165, 1.54) is 23.1 Å². The quantitative estimate of drug-likeness (QED) is 0.543. The molecular weight excluding hydrogens is 484 g/mol. The number of nitrogens with zero attached hydrogens (tertiary/aromatic N) is 6. The van der Waals surface area contributed by atoms with Crippen LogP contribution in [0, 0.1) is 13.8 Å². The number of aryl methyl sites for hydroxylation is 2. The summed E-state index contributed by atoms with van der Waals surface area (Å²) in [5, 5.41) is 10.5. The molecule has 3 fully saturated rings. The fourth-order valence-electron chi connectivity index (χ4n) is 5.84. The molecule has 10 nitrogen and oxygen atoms in total. The number of oxazole rings is 1. The average molecular weight is 527 g/mol. The van der Waals surface area contributed by atoms with Crippen LogP contribution in [-0.2, 0) is 11.3 Å². The Morgan fingerprint density at radius 2 is 1.50 bits per heavy atom. The lowest BCUT2D eigenvalue weighted by Crippen LogP contribution is -2.50. The van der Waals surface area contributed by atoms with Gasteiger partial charge in [-0.2, -0.15) is 0 Å². The summed E-state index contributed by atoms with van der Waals surface area (Å²) in [5.41, 5.74) is 4.23. The van der Waals surface area contributed by atoms with Crippen molar-refractivity contribution in [2.24, 2.45) is 0 Å². The molecule has 38 heavy (non-hydrogen) atoms. The molecule has 1 amide bonds. The molecule has 5 rings (SSSR count). The number of carbonyl (C=O) groups is 1. The highest BCUT2D eigenvalue weighted by Gasteiger charge is 2.27. The Bertz CT molecular complexity index is 1040. The van der Waals surface area contributed by atoms with Crippen LogP contribution < -0.4 is 4.90 Å². The number of carbonyl (C=O) groups excluding carboxylic acids is 1. The van der Waals surface area contributed by atoms with E-state index in [2.05, 4.69) is 56.6 Å². The van der Waals surface area contributed by atoms with Gasteiger partial charge in [-0.05, 0) is 25.0 Å². The molecule has 1 N–H and O–H groups in total. The minimum atomic E-state index is -0.345. The van der Waals surface area contributed by atoms with Crippen molar-refractivity contribution < 1.29 is 19.1 Å². The number of hydrogen-bond donors (Lipinski definition) is 1. The number of benzene rings is 1. The third-order valence-electron chi connectivity index (χ3n) is 7.96. The second kappa shape index (κ2) is 12.6. The summed E-state index contributed by atoms with van der Waals surface area (Å²) in [4.78, 5) is 28.8. The topological polar surface area (TPSA) is 88.8 Å². The Morgan fingerprint density at radius 3 is 2.16 bits per heavy atom. The van der Waals surface area contributed by atoms with Crippen LogP contribution in [0.3, 0.4) is 0 Å². The van der Waals surface area contributed by atoms with Gasteiger partial charge in [0.15, 0.2) is 5.69 Å². The van der Waals surface area contributed by atoms with E-state index in [1.807, 2.05) is 4.90 Å². The van der Waals surface area contributed by atoms with Gasteiger partial charge in [0.05, 0.1) is 25.9 Å². The highest BCUT2D eigenvalue weighted by Crippen LogP contribution is 2.26. The molecule has 2 aromatic rings. The third kappa shape index (κ3) is 6.73. The van der Waals surface area contributed by atoms with Crippen LogP contribution in [0.2, 0.25) is 0 Å². The maximum Gasteiger partial charge on any atom is 0.275 e. The zero-order valence-corrected chi connectivity index (χ0v) is 22.8. The first kappa shape index (κ1) is 27.1. The van der Waals surface area contributed by atoms with E-state index in [-0.39, 0.29) is 12.0 Å². The van der Waals surface area contributed by atoms with Gasteiger partial charge in [0.25, 0.3) is 5.91 Å². The summed E-state index contributed by atoms with van der Waals surface area (Å²) in [6.45, 7) is 16.1. The smallest absolute Gasteiger partial charge is 0.275 e. The van der Waals surface area contributed by atoms with Gasteiger partial charge in [-0.3, -0.25) is 19.5 Å². The lowest BCUT2D eigenvalue weighted by atomic mass is 10.1. The standard InChI is InChI=1S/C28H42N6O4/c1-22-4-3-5-23(2)27(22)33-10-12-34(13-11-33)28(36)25-21-38-26(29-25)20-31-8-6-30(7-9-31)18-24(35)19-32-14-16-37-17-15-32/h3-5,21,24,35H,6-20H2,1-2H3. The van der Waals surface area contributed by atoms with E-state index in [9.17, 15) is 9.90 Å². The van der Waals surface area contributed by atoms with Crippen LogP contribution in [-0.4, -0.2) is 133 Å². The SMILES string of the molecule is Cc1cccc(C)c1N1CCN(C(=O)c2coc(CN3CCN(CC(O)CN4CCOCC4)CC3)n2)CC1. The van der Waals surface area contributed by atoms with Crippen molar-refractivity contribution in [2.75, 3.05) is 96.7 Å². The van der Waals surface area contributed by atoms with Crippen LogP contribution in [0.25, 0.3) is 0 Å². The molecule has 0 radical (unpaired) electrons. The fraction of sp³-hybridized carbons (Fsp3) is 0.643. The number of rotatable bonds is 8. The van der Waals surface area contributed by atoms with Crippen LogP contribution in [0.4, 0.5) is 5.69 Å². The number of aromatic nitrogens is 1. The van der Waals surface area contributed by atoms with E-state index in [1.54, 1.807) is 0 Å². The Balaban J connectivity index is 1.05. The van der Waals surface area contributed by atoms with Gasteiger partial charge in [-0.1, -0.05) is 18.2 Å². The maximum atomic E-state index is 13.1. The molecule has 208 valence electrons. The van der Waals surface area contributed by atoms with Gasteiger partial charge in [0, 0.05) is 84.2 Å². The number of amides is 1. The minimum absolute atomic E-state index is 0.0553. The number of aliphatic hydroxyl groups excluding tert-OH is 1. The average Bonchev–Trinajstić information content (AvgIpc) is 3.39. The minimum Gasteiger partial charge on any atom is -0.447 e. The monoisotopic (exact) mass is 526 g/mol. The molecule has 0 spiro atoms. The number of anilines is 1. The van der Waals surface area contributed by atoms with Gasteiger partial charge >= 0.3 is 0 Å². The van der Waals surface area contributed by atoms with Crippen LogP contribution in [0.1, 0.15) is 27.5 Å². The summed E-state index contributed by atoms with van der Waals surface area (Å²) < 4.78 is 11.1. The molecule has 1 aromatic carbocycles. The number of aliphatic hydroxyl groups is 1. The van der Waals surface area contributed by atoms with E-state index >= 15 is 0 Å². The molecule has 3 aliphatic heterocycles. The van der Waals surface area contributed by atoms with Crippen molar-refractivity contribution in [1.29, 1.82) is 0 Å². The van der Waals surface area contributed by atoms with Crippen molar-refractivity contribution >= 4 is 11.6 Å². The van der Waals surface area contributed by atoms with Crippen molar-refractivity contribution in [3.05, 3.63) is 47.2 Å². The number of β-amino-alcohol motifs (C(OH)–C–C–N with tert-alkyl or cyclic N) is 1. The van der Waals surface area contributed by atoms with Crippen LogP contribution >= 0.6 is 0 Å². The van der Waals surface area contributed by atoms with Crippen LogP contribution in [0.5, 0.6) is 0 Å². The van der Waals surface area contributed by atoms with Crippen molar-refractivity contribution in [3.8, 4) is 0 Å². The predicted octanol–water partition coefficient (Wildman–Crippen LogP) is 1.06. The summed E-state index contributed by atoms with van der Waals surface area (Å²) >= 11 is 0. The third-order valence-corrected chi connectivity index (χ3v) is 7.96. The largest absolute Gasteiger partial charge is 0.447 e. The molecule has 0 bridgehead atoms. The summed E-state index contributed by atoms with van der Waals surface area (Å²) in [6, 6.07) is 6.38. The number of hydrogen-bond acceptors (Lipinski definition) is 9. The van der Waals surface area contributed by atoms with Crippen molar-refractivity contribution in [3.63, 3.8) is 0 Å². The van der Waals surface area contributed by atoms with E-state index < -0.39 is 0 Å². The van der Waals surface area contributed by atoms with Gasteiger partial charge < -0.3 is 24.1 Å². The molecule has 10 heteroatoms. The normalized spacial score (nSPS) is 21.1. The number of ether oxygens (including phenoxy) is 1. The lowest BCUT2D eigenvalue weighted by Gasteiger charge is -2.37. The first-order chi connectivity index (χ1) is 18.5. The Hall–Kier alpha value is -2.50. The molecule has 1 unspecified atom stereocenters. The summed E-state index contributed by atoms with van der Waals surface area (Å²) in [6.07, 6.45) is 1.16. The van der Waals surface area contributed by atoms with Crippen molar-refractivity contribution in [2.45, 2.75) is 26.5 Å². The summed E-state index contributed by atoms with van der Waals surface area (Å²) in [7, 11) is 0. The predicted molar refractivity (Wildman–Crippen MR) is 146 cm³/mol. The van der Waals surface area contributed by atoms with E-state index in [0.717, 1.165) is 65.6 Å². The Labute approximate surface area is 225 Å². The Morgan fingerprint density at radius 1 is 0.895 bits per heavy atom. The van der Waals surface area contributed by atoms with E-state index in [0.29, 0.717) is 44.3 Å². The Kier molecular flexibility index (Phi) is 8.96. The molecule has 0 aliphatic carbocycles. The van der Waals surface area contributed by atoms with E-state index in [4.69, 9.17) is 9.15 Å². The lowest BCUT2D eigenvalue weighted by molar-refractivity contribution is 0.00187. The van der Waals surface area contributed by atoms with Gasteiger partial charge in [-0.25, -0.2) is 4.98 Å². The molecule has 0 saturated carbocycles. The summed E-state index contributed by atoms with van der Waals surface area (Å²) in [5.74, 6) is 0.531. The molecule has 1 atom stereocenters. The number of para-hydroxylation sites is 1. The number of morpholine rings is 1. The fourth-order valence-corrected chi connectivity index (χ4v) is 5.84. The number of piperazine rings is 2. The highest BCUT2D eigenvalue weighted by atomic mass is 16.5. The van der Waals surface area contributed by atoms with Gasteiger partial charge in [0.2, 0.25) is 5.89 Å². The zero-order chi connectivity index (χ0) is 26.5. The molecular formula is C28H42N6O4. The first-order valence-corrected chi connectivity index (χ1v) is 13.9. The zero-order valence-electron chi connectivity index (χ0n) is 22.8.